The predicted molar refractivity (Wildman–Crippen MR) is 111 cm³/mol. The molecule has 0 aliphatic carbocycles. The maximum absolute atomic E-state index is 12.4. The fraction of sp³-hybridized carbons (Fsp3) is 0.222. The van der Waals surface area contributed by atoms with E-state index >= 15 is 0 Å². The van der Waals surface area contributed by atoms with Crippen molar-refractivity contribution < 1.29 is 14.3 Å². The number of aromatic nitrogens is 1. The molecule has 0 unspecified atom stereocenters. The first-order chi connectivity index (χ1) is 12.5. The third-order valence-corrected chi connectivity index (χ3v) is 5.51. The van der Waals surface area contributed by atoms with Crippen LogP contribution in [0.4, 0.5) is 5.13 Å². The molecule has 5 nitrogen and oxygen atoms in total. The molecule has 0 fully saturated rings. The van der Waals surface area contributed by atoms with Gasteiger partial charge in [0.15, 0.2) is 11.2 Å². The second-order valence-electron chi connectivity index (χ2n) is 5.41. The smallest absolute Gasteiger partial charge is 0.266 e. The number of amides is 1. The van der Waals surface area contributed by atoms with Crippen LogP contribution >= 0.6 is 43.2 Å². The molecule has 1 aromatic heterocycles. The molecule has 3 rings (SSSR count). The highest BCUT2D eigenvalue weighted by atomic mass is 79.9. The zero-order valence-corrected chi connectivity index (χ0v) is 18.1. The number of carbonyl (C=O) groups excluding carboxylic acids is 1. The summed E-state index contributed by atoms with van der Waals surface area (Å²) < 4.78 is 13.9. The molecule has 136 valence electrons. The minimum absolute atomic E-state index is 0.260. The summed E-state index contributed by atoms with van der Waals surface area (Å²) in [6.07, 6.45) is -0.668. The number of rotatable bonds is 6. The van der Waals surface area contributed by atoms with E-state index in [1.54, 1.807) is 13.0 Å². The summed E-state index contributed by atoms with van der Waals surface area (Å²) >= 11 is 8.21. The first-order valence-corrected chi connectivity index (χ1v) is 10.3. The van der Waals surface area contributed by atoms with Gasteiger partial charge >= 0.3 is 0 Å². The highest BCUT2D eigenvalue weighted by Crippen LogP contribution is 2.31. The number of ether oxygens (including phenoxy) is 2. The Labute approximate surface area is 172 Å². The van der Waals surface area contributed by atoms with Crippen LogP contribution in [0.2, 0.25) is 0 Å². The minimum atomic E-state index is -0.668. The number of nitrogens with zero attached hydrogens (tertiary/aromatic N) is 1. The topological polar surface area (TPSA) is 60.5 Å². The van der Waals surface area contributed by atoms with Gasteiger partial charge in [0.25, 0.3) is 5.91 Å². The number of benzene rings is 2. The number of anilines is 1. The summed E-state index contributed by atoms with van der Waals surface area (Å²) in [6, 6.07) is 11.2. The molecule has 0 saturated heterocycles. The van der Waals surface area contributed by atoms with E-state index in [0.717, 1.165) is 24.9 Å². The Morgan fingerprint density at radius 1 is 1.27 bits per heavy atom. The van der Waals surface area contributed by atoms with E-state index < -0.39 is 6.10 Å². The zero-order valence-electron chi connectivity index (χ0n) is 14.1. The summed E-state index contributed by atoms with van der Waals surface area (Å²) in [6.45, 7) is 4.24. The monoisotopic (exact) mass is 498 g/mol. The number of carbonyl (C=O) groups is 1. The predicted octanol–water partition coefficient (Wildman–Crippen LogP) is 5.63. The van der Waals surface area contributed by atoms with E-state index in [1.165, 1.54) is 11.3 Å². The number of thiazole rings is 1. The van der Waals surface area contributed by atoms with Gasteiger partial charge in [-0.25, -0.2) is 4.98 Å². The van der Waals surface area contributed by atoms with Crippen LogP contribution in [0, 0.1) is 0 Å². The van der Waals surface area contributed by atoms with Gasteiger partial charge in [-0.15, -0.1) is 0 Å². The van der Waals surface area contributed by atoms with Crippen molar-refractivity contribution in [3.05, 3.63) is 45.3 Å². The second-order valence-corrected chi connectivity index (χ2v) is 8.21. The lowest BCUT2D eigenvalue weighted by atomic mass is 10.3. The Bertz CT molecular complexity index is 945. The molecular formula is C18H16Br2N2O3S. The lowest BCUT2D eigenvalue weighted by molar-refractivity contribution is -0.122. The van der Waals surface area contributed by atoms with Gasteiger partial charge in [0.1, 0.15) is 11.5 Å². The number of hydrogen-bond acceptors (Lipinski definition) is 5. The zero-order chi connectivity index (χ0) is 18.7. The van der Waals surface area contributed by atoms with Gasteiger partial charge < -0.3 is 9.47 Å². The number of fused-ring (bicyclic) bond motifs is 1. The molecule has 8 heteroatoms. The first-order valence-electron chi connectivity index (χ1n) is 7.92. The van der Waals surface area contributed by atoms with Gasteiger partial charge in [0.2, 0.25) is 0 Å². The molecule has 1 heterocycles. The molecule has 0 saturated carbocycles. The summed E-state index contributed by atoms with van der Waals surface area (Å²) in [5.74, 6) is 1.13. The van der Waals surface area contributed by atoms with E-state index in [0.29, 0.717) is 17.5 Å². The van der Waals surface area contributed by atoms with E-state index in [-0.39, 0.29) is 5.91 Å². The summed E-state index contributed by atoms with van der Waals surface area (Å²) in [5, 5.41) is 3.34. The quantitative estimate of drug-likeness (QED) is 0.477. The Morgan fingerprint density at radius 3 is 2.81 bits per heavy atom. The van der Waals surface area contributed by atoms with Crippen molar-refractivity contribution in [3.63, 3.8) is 0 Å². The molecule has 2 aromatic carbocycles. The molecular weight excluding hydrogens is 484 g/mol. The van der Waals surface area contributed by atoms with Crippen LogP contribution in [-0.2, 0) is 4.79 Å². The highest BCUT2D eigenvalue weighted by molar-refractivity contribution is 9.11. The molecule has 1 amide bonds. The number of hydrogen-bond donors (Lipinski definition) is 1. The lowest BCUT2D eigenvalue weighted by Gasteiger charge is -2.15. The Hall–Kier alpha value is -1.64. The van der Waals surface area contributed by atoms with Crippen molar-refractivity contribution in [2.75, 3.05) is 11.9 Å². The fourth-order valence-corrected chi connectivity index (χ4v) is 4.27. The minimum Gasteiger partial charge on any atom is -0.494 e. The van der Waals surface area contributed by atoms with Crippen LogP contribution in [0.1, 0.15) is 13.8 Å². The van der Waals surface area contributed by atoms with Crippen LogP contribution < -0.4 is 14.8 Å². The average molecular weight is 500 g/mol. The summed E-state index contributed by atoms with van der Waals surface area (Å²) in [5.41, 5.74) is 0.818. The van der Waals surface area contributed by atoms with Gasteiger partial charge in [0, 0.05) is 4.47 Å². The molecule has 1 N–H and O–H groups in total. The first kappa shape index (κ1) is 19.1. The van der Waals surface area contributed by atoms with Gasteiger partial charge in [0.05, 0.1) is 21.3 Å². The van der Waals surface area contributed by atoms with Crippen molar-refractivity contribution in [2.24, 2.45) is 0 Å². The van der Waals surface area contributed by atoms with Crippen molar-refractivity contribution in [1.82, 2.24) is 4.98 Å². The average Bonchev–Trinajstić information content (AvgIpc) is 2.99. The van der Waals surface area contributed by atoms with Crippen molar-refractivity contribution in [1.29, 1.82) is 0 Å². The Morgan fingerprint density at radius 2 is 2.08 bits per heavy atom. The summed E-state index contributed by atoms with van der Waals surface area (Å²) in [4.78, 5) is 16.9. The molecule has 0 radical (unpaired) electrons. The van der Waals surface area contributed by atoms with E-state index in [4.69, 9.17) is 9.47 Å². The second kappa shape index (κ2) is 8.37. The molecule has 0 aliphatic rings. The SMILES string of the molecule is CCOc1ccc2nc(NC(=O)[C@@H](C)Oc3ccc(Br)cc3Br)sc2c1. The van der Waals surface area contributed by atoms with Crippen LogP contribution in [0.25, 0.3) is 10.2 Å². The number of halogens is 2. The Kier molecular flexibility index (Phi) is 6.16. The van der Waals surface area contributed by atoms with E-state index in [9.17, 15) is 4.79 Å². The molecule has 0 bridgehead atoms. The summed E-state index contributed by atoms with van der Waals surface area (Å²) in [7, 11) is 0. The van der Waals surface area contributed by atoms with Crippen molar-refractivity contribution in [3.8, 4) is 11.5 Å². The molecule has 0 aliphatic heterocycles. The van der Waals surface area contributed by atoms with Crippen molar-refractivity contribution >= 4 is 64.5 Å². The molecule has 0 spiro atoms. The molecule has 1 atom stereocenters. The van der Waals surface area contributed by atoms with Crippen molar-refractivity contribution in [2.45, 2.75) is 20.0 Å². The van der Waals surface area contributed by atoms with Crippen LogP contribution in [0.15, 0.2) is 45.3 Å². The Balaban J connectivity index is 1.69. The van der Waals surface area contributed by atoms with E-state index in [2.05, 4.69) is 42.2 Å². The van der Waals surface area contributed by atoms with Crippen LogP contribution in [-0.4, -0.2) is 23.6 Å². The van der Waals surface area contributed by atoms with Gasteiger partial charge in [-0.1, -0.05) is 27.3 Å². The normalized spacial score (nSPS) is 12.0. The number of nitrogens with one attached hydrogen (secondary N) is 1. The molecule has 3 aromatic rings. The largest absolute Gasteiger partial charge is 0.494 e. The lowest BCUT2D eigenvalue weighted by Crippen LogP contribution is -2.30. The van der Waals surface area contributed by atoms with Crippen LogP contribution in [0.3, 0.4) is 0 Å². The third-order valence-electron chi connectivity index (χ3n) is 3.47. The fourth-order valence-electron chi connectivity index (χ4n) is 2.24. The maximum Gasteiger partial charge on any atom is 0.266 e. The van der Waals surface area contributed by atoms with Crippen LogP contribution in [0.5, 0.6) is 11.5 Å². The van der Waals surface area contributed by atoms with Gasteiger partial charge in [-0.2, -0.15) is 0 Å². The highest BCUT2D eigenvalue weighted by Gasteiger charge is 2.18. The van der Waals surface area contributed by atoms with Gasteiger partial charge in [-0.05, 0) is 66.2 Å². The van der Waals surface area contributed by atoms with E-state index in [1.807, 2.05) is 37.3 Å². The molecule has 26 heavy (non-hydrogen) atoms. The van der Waals surface area contributed by atoms with Gasteiger partial charge in [-0.3, -0.25) is 10.1 Å². The third kappa shape index (κ3) is 4.55. The standard InChI is InChI=1S/C18H16Br2N2O3S/c1-3-24-12-5-6-14-16(9-12)26-18(21-14)22-17(23)10(2)25-15-7-4-11(19)8-13(15)20/h4-10H,3H2,1-2H3,(H,21,22,23)/t10-/m1/s1. The maximum atomic E-state index is 12.4.